The van der Waals surface area contributed by atoms with Crippen LogP contribution in [0.25, 0.3) is 5.69 Å². The molecular weight excluding hydrogens is 178 g/mol. The summed E-state index contributed by atoms with van der Waals surface area (Å²) in [7, 11) is 0. The van der Waals surface area contributed by atoms with Crippen molar-refractivity contribution >= 4 is 0 Å². The summed E-state index contributed by atoms with van der Waals surface area (Å²) in [5.74, 6) is 0. The van der Waals surface area contributed by atoms with Crippen molar-refractivity contribution < 1.29 is 0 Å². The van der Waals surface area contributed by atoms with Crippen molar-refractivity contribution in [2.45, 2.75) is 6.42 Å². The second-order valence-corrected chi connectivity index (χ2v) is 2.92. The Morgan fingerprint density at radius 3 is 2.86 bits per heavy atom. The Morgan fingerprint density at radius 1 is 1.29 bits per heavy atom. The van der Waals surface area contributed by atoms with Crippen LogP contribution in [0.5, 0.6) is 0 Å². The van der Waals surface area contributed by atoms with Crippen molar-refractivity contribution in [3.8, 4) is 5.69 Å². The predicted octanol–water partition coefficient (Wildman–Crippen LogP) is 0.163. The van der Waals surface area contributed by atoms with Crippen LogP contribution >= 0.6 is 0 Å². The average molecular weight is 189 g/mol. The van der Waals surface area contributed by atoms with Gasteiger partial charge < -0.3 is 5.73 Å². The molecule has 0 amide bonds. The van der Waals surface area contributed by atoms with Crippen molar-refractivity contribution in [2.24, 2.45) is 5.73 Å². The van der Waals surface area contributed by atoms with Gasteiger partial charge >= 0.3 is 0 Å². The van der Waals surface area contributed by atoms with Crippen molar-refractivity contribution in [3.05, 3.63) is 36.2 Å². The highest BCUT2D eigenvalue weighted by molar-refractivity contribution is 5.39. The number of nitrogens with zero attached hydrogens (tertiary/aromatic N) is 4. The number of rotatable bonds is 3. The summed E-state index contributed by atoms with van der Waals surface area (Å²) < 4.78 is 1.64. The molecule has 0 bridgehead atoms. The maximum atomic E-state index is 5.52. The summed E-state index contributed by atoms with van der Waals surface area (Å²) in [5, 5.41) is 11.0. The van der Waals surface area contributed by atoms with E-state index in [4.69, 9.17) is 5.73 Å². The fourth-order valence-electron chi connectivity index (χ4n) is 1.37. The molecule has 0 aliphatic rings. The molecule has 1 aromatic carbocycles. The third kappa shape index (κ3) is 1.62. The highest BCUT2D eigenvalue weighted by atomic mass is 15.5. The molecule has 0 saturated carbocycles. The molecule has 0 spiro atoms. The quantitative estimate of drug-likeness (QED) is 0.746. The molecule has 1 aromatic heterocycles. The zero-order chi connectivity index (χ0) is 9.80. The molecule has 2 aromatic rings. The fourth-order valence-corrected chi connectivity index (χ4v) is 1.37. The largest absolute Gasteiger partial charge is 0.330 e. The van der Waals surface area contributed by atoms with E-state index in [2.05, 4.69) is 15.5 Å². The van der Waals surface area contributed by atoms with Crippen molar-refractivity contribution in [1.29, 1.82) is 0 Å². The van der Waals surface area contributed by atoms with Gasteiger partial charge in [0.05, 0.1) is 5.69 Å². The van der Waals surface area contributed by atoms with E-state index < -0.39 is 0 Å². The summed E-state index contributed by atoms with van der Waals surface area (Å²) in [5.41, 5.74) is 7.67. The molecule has 0 aliphatic carbocycles. The van der Waals surface area contributed by atoms with E-state index in [1.807, 2.05) is 24.3 Å². The van der Waals surface area contributed by atoms with E-state index in [0.717, 1.165) is 17.7 Å². The normalized spacial score (nSPS) is 10.4. The van der Waals surface area contributed by atoms with Crippen LogP contribution in [0.2, 0.25) is 0 Å². The van der Waals surface area contributed by atoms with Gasteiger partial charge in [-0.25, -0.2) is 4.68 Å². The van der Waals surface area contributed by atoms with Gasteiger partial charge in [0, 0.05) is 0 Å². The molecule has 2 N–H and O–H groups in total. The van der Waals surface area contributed by atoms with Gasteiger partial charge in [0.15, 0.2) is 0 Å². The first-order valence-corrected chi connectivity index (χ1v) is 4.43. The molecule has 5 nitrogen and oxygen atoms in total. The van der Waals surface area contributed by atoms with Crippen LogP contribution in [0, 0.1) is 0 Å². The summed E-state index contributed by atoms with van der Waals surface area (Å²) in [6.07, 6.45) is 2.41. The standard InChI is InChI=1S/C9H11N5/c10-6-5-8-3-1-2-4-9(8)14-7-11-12-13-14/h1-4,7H,5-6,10H2. The van der Waals surface area contributed by atoms with Crippen LogP contribution in [0.3, 0.4) is 0 Å². The molecule has 0 unspecified atom stereocenters. The van der Waals surface area contributed by atoms with Crippen LogP contribution in [0.1, 0.15) is 5.56 Å². The first kappa shape index (κ1) is 8.83. The van der Waals surface area contributed by atoms with E-state index in [1.54, 1.807) is 11.0 Å². The SMILES string of the molecule is NCCc1ccccc1-n1cnnn1. The molecule has 14 heavy (non-hydrogen) atoms. The number of tetrazole rings is 1. The third-order valence-electron chi connectivity index (χ3n) is 2.00. The molecule has 0 aliphatic heterocycles. The molecule has 0 radical (unpaired) electrons. The summed E-state index contributed by atoms with van der Waals surface area (Å²) in [4.78, 5) is 0. The third-order valence-corrected chi connectivity index (χ3v) is 2.00. The van der Waals surface area contributed by atoms with Gasteiger partial charge in [0.25, 0.3) is 0 Å². The molecule has 72 valence electrons. The molecule has 2 rings (SSSR count). The number of benzene rings is 1. The number of nitrogens with two attached hydrogens (primary N) is 1. The zero-order valence-electron chi connectivity index (χ0n) is 7.67. The van der Waals surface area contributed by atoms with Crippen LogP contribution < -0.4 is 5.73 Å². The summed E-state index contributed by atoms with van der Waals surface area (Å²) >= 11 is 0. The van der Waals surface area contributed by atoms with E-state index in [9.17, 15) is 0 Å². The Labute approximate surface area is 81.5 Å². The Kier molecular flexibility index (Phi) is 2.51. The molecule has 0 atom stereocenters. The fraction of sp³-hybridized carbons (Fsp3) is 0.222. The highest BCUT2D eigenvalue weighted by Gasteiger charge is 2.03. The lowest BCUT2D eigenvalue weighted by Crippen LogP contribution is -2.07. The summed E-state index contributed by atoms with van der Waals surface area (Å²) in [6.45, 7) is 0.624. The Balaban J connectivity index is 2.42. The second kappa shape index (κ2) is 3.97. The van der Waals surface area contributed by atoms with Gasteiger partial charge in [-0.3, -0.25) is 0 Å². The summed E-state index contributed by atoms with van der Waals surface area (Å²) in [6, 6.07) is 7.95. The van der Waals surface area contributed by atoms with E-state index in [1.165, 1.54) is 0 Å². The minimum Gasteiger partial charge on any atom is -0.330 e. The van der Waals surface area contributed by atoms with Crippen LogP contribution in [0.4, 0.5) is 0 Å². The van der Waals surface area contributed by atoms with Crippen molar-refractivity contribution in [3.63, 3.8) is 0 Å². The monoisotopic (exact) mass is 189 g/mol. The maximum Gasteiger partial charge on any atom is 0.143 e. The Morgan fingerprint density at radius 2 is 2.14 bits per heavy atom. The topological polar surface area (TPSA) is 69.6 Å². The molecule has 0 saturated heterocycles. The lowest BCUT2D eigenvalue weighted by atomic mass is 10.1. The van der Waals surface area contributed by atoms with Gasteiger partial charge in [-0.05, 0) is 35.0 Å². The minimum absolute atomic E-state index is 0.624. The average Bonchev–Trinajstić information content (AvgIpc) is 2.72. The van der Waals surface area contributed by atoms with Gasteiger partial charge in [-0.2, -0.15) is 0 Å². The molecule has 5 heteroatoms. The van der Waals surface area contributed by atoms with E-state index in [0.29, 0.717) is 6.54 Å². The first-order chi connectivity index (χ1) is 6.92. The number of hydrogen-bond acceptors (Lipinski definition) is 4. The second-order valence-electron chi connectivity index (χ2n) is 2.92. The maximum absolute atomic E-state index is 5.52. The van der Waals surface area contributed by atoms with E-state index in [-0.39, 0.29) is 0 Å². The van der Waals surface area contributed by atoms with Crippen LogP contribution in [0.15, 0.2) is 30.6 Å². The number of para-hydroxylation sites is 1. The predicted molar refractivity (Wildman–Crippen MR) is 51.9 cm³/mol. The van der Waals surface area contributed by atoms with Crippen LogP contribution in [-0.2, 0) is 6.42 Å². The lowest BCUT2D eigenvalue weighted by Gasteiger charge is -2.06. The van der Waals surface area contributed by atoms with Crippen molar-refractivity contribution in [2.75, 3.05) is 6.54 Å². The van der Waals surface area contributed by atoms with Gasteiger partial charge in [0.2, 0.25) is 0 Å². The minimum atomic E-state index is 0.624. The molecular formula is C9H11N5. The zero-order valence-corrected chi connectivity index (χ0v) is 7.67. The molecule has 1 heterocycles. The van der Waals surface area contributed by atoms with Crippen molar-refractivity contribution in [1.82, 2.24) is 20.2 Å². The smallest absolute Gasteiger partial charge is 0.143 e. The Hall–Kier alpha value is -1.75. The Bertz CT molecular complexity index is 395. The number of aromatic nitrogens is 4. The van der Waals surface area contributed by atoms with Gasteiger partial charge in [0.1, 0.15) is 6.33 Å². The van der Waals surface area contributed by atoms with E-state index >= 15 is 0 Å². The van der Waals surface area contributed by atoms with Crippen LogP contribution in [-0.4, -0.2) is 26.8 Å². The first-order valence-electron chi connectivity index (χ1n) is 4.43. The van der Waals surface area contributed by atoms with Gasteiger partial charge in [-0.1, -0.05) is 18.2 Å². The highest BCUT2D eigenvalue weighted by Crippen LogP contribution is 2.12. The molecule has 0 fully saturated rings. The van der Waals surface area contributed by atoms with Gasteiger partial charge in [-0.15, -0.1) is 5.10 Å². The number of hydrogen-bond donors (Lipinski definition) is 1. The lowest BCUT2D eigenvalue weighted by molar-refractivity contribution is 0.778.